The van der Waals surface area contributed by atoms with Crippen LogP contribution >= 0.6 is 0 Å². The van der Waals surface area contributed by atoms with Gasteiger partial charge in [-0.15, -0.1) is 0 Å². The quantitative estimate of drug-likeness (QED) is 0.149. The molecule has 12 heteroatoms. The molecule has 0 bridgehead atoms. The van der Waals surface area contributed by atoms with Gasteiger partial charge >= 0.3 is 0 Å². The fourth-order valence-corrected chi connectivity index (χ4v) is 5.21. The van der Waals surface area contributed by atoms with Crippen LogP contribution in [-0.4, -0.2) is 65.6 Å². The number of aromatic nitrogens is 1. The second-order valence-electron chi connectivity index (χ2n) is 9.90. The summed E-state index contributed by atoms with van der Waals surface area (Å²) in [6.45, 7) is 0. The van der Waals surface area contributed by atoms with Crippen molar-refractivity contribution in [2.24, 2.45) is 0 Å². The van der Waals surface area contributed by atoms with Crippen LogP contribution in [0, 0.1) is 10.1 Å². The SMILES string of the molecule is O=C(c1ccccc1)[C@H](O)[C@H]1O[C@H](n2cc([N+](=O)[O-])ccc2=O)[C@@](O)(C(=O)c2ccccc2)[C@@]1(O)C(=O)c1ccccc1. The predicted octanol–water partition coefficient (Wildman–Crippen LogP) is 2.13. The summed E-state index contributed by atoms with van der Waals surface area (Å²) in [5.41, 5.74) is -9.02. The number of nitro groups is 1. The molecular formula is C31H24N2O10. The van der Waals surface area contributed by atoms with E-state index in [1.54, 1.807) is 18.2 Å². The smallest absolute Gasteiger partial charge is 0.285 e. The van der Waals surface area contributed by atoms with E-state index < -0.39 is 63.2 Å². The van der Waals surface area contributed by atoms with Gasteiger partial charge in [0, 0.05) is 28.8 Å². The Bertz CT molecular complexity index is 1760. The summed E-state index contributed by atoms with van der Waals surface area (Å²) >= 11 is 0. The van der Waals surface area contributed by atoms with Crippen LogP contribution in [0.15, 0.2) is 114 Å². The minimum atomic E-state index is -3.42. The third-order valence-corrected chi connectivity index (χ3v) is 7.39. The van der Waals surface area contributed by atoms with Gasteiger partial charge in [0.1, 0.15) is 12.2 Å². The molecule has 1 aromatic heterocycles. The van der Waals surface area contributed by atoms with E-state index in [1.165, 1.54) is 72.8 Å². The number of hydrogen-bond acceptors (Lipinski definition) is 10. The summed E-state index contributed by atoms with van der Waals surface area (Å²) in [6, 6.07) is 22.9. The van der Waals surface area contributed by atoms with Crippen LogP contribution in [0.2, 0.25) is 0 Å². The van der Waals surface area contributed by atoms with Crippen molar-refractivity contribution < 1.29 is 39.4 Å². The average Bonchev–Trinajstić information content (AvgIpc) is 3.28. The Labute approximate surface area is 243 Å². The van der Waals surface area contributed by atoms with Gasteiger partial charge < -0.3 is 20.1 Å². The minimum absolute atomic E-state index is 0.0537. The number of aliphatic hydroxyl groups excluding tert-OH is 1. The molecule has 218 valence electrons. The van der Waals surface area contributed by atoms with Crippen molar-refractivity contribution >= 4 is 23.0 Å². The van der Waals surface area contributed by atoms with Crippen molar-refractivity contribution in [3.05, 3.63) is 146 Å². The summed E-state index contributed by atoms with van der Waals surface area (Å²) < 4.78 is 6.29. The molecule has 1 saturated heterocycles. The van der Waals surface area contributed by atoms with Crippen molar-refractivity contribution in [3.63, 3.8) is 0 Å². The number of pyridine rings is 1. The zero-order chi connectivity index (χ0) is 30.9. The highest BCUT2D eigenvalue weighted by Crippen LogP contribution is 2.50. The number of aliphatic hydroxyl groups is 3. The molecule has 2 heterocycles. The minimum Gasteiger partial charge on any atom is -0.382 e. The maximum Gasteiger partial charge on any atom is 0.285 e. The standard InChI is InChI=1S/C31H24N2O10/c34-23-17-16-22(33(41)42)18-32(23)29-31(40,27(38)21-14-8-3-9-15-21)30(39,26(37)20-12-6-2-7-13-20)28(43-29)25(36)24(35)19-10-4-1-5-11-19/h1-18,25,28-29,36,39-40H/t25-,28+,29-,30+,31-/m0/s1. The van der Waals surface area contributed by atoms with Gasteiger partial charge in [-0.25, -0.2) is 0 Å². The number of nitrogens with zero attached hydrogens (tertiary/aromatic N) is 2. The normalized spacial score (nSPS) is 23.8. The van der Waals surface area contributed by atoms with Crippen molar-refractivity contribution in [2.45, 2.75) is 29.6 Å². The molecule has 0 spiro atoms. The van der Waals surface area contributed by atoms with Gasteiger partial charge in [0.25, 0.3) is 11.2 Å². The van der Waals surface area contributed by atoms with Crippen LogP contribution in [0.3, 0.4) is 0 Å². The summed E-state index contributed by atoms with van der Waals surface area (Å²) in [5, 5.41) is 47.7. The van der Waals surface area contributed by atoms with Gasteiger partial charge in [-0.2, -0.15) is 0 Å². The molecule has 4 aromatic rings. The molecule has 12 nitrogen and oxygen atoms in total. The lowest BCUT2D eigenvalue weighted by Crippen LogP contribution is -2.69. The maximum atomic E-state index is 14.2. The van der Waals surface area contributed by atoms with E-state index in [-0.39, 0.29) is 16.7 Å². The third kappa shape index (κ3) is 4.77. The van der Waals surface area contributed by atoms with Gasteiger partial charge in [0.2, 0.25) is 17.2 Å². The fraction of sp³-hybridized carbons (Fsp3) is 0.161. The van der Waals surface area contributed by atoms with Crippen molar-refractivity contribution in [1.82, 2.24) is 4.57 Å². The highest BCUT2D eigenvalue weighted by molar-refractivity contribution is 6.14. The molecular weight excluding hydrogens is 560 g/mol. The first-order valence-electron chi connectivity index (χ1n) is 13.0. The molecule has 1 aliphatic rings. The zero-order valence-electron chi connectivity index (χ0n) is 22.2. The lowest BCUT2D eigenvalue weighted by Gasteiger charge is -2.39. The molecule has 1 aliphatic heterocycles. The van der Waals surface area contributed by atoms with E-state index in [9.17, 15) is 44.6 Å². The molecule has 5 atom stereocenters. The molecule has 0 saturated carbocycles. The van der Waals surface area contributed by atoms with E-state index in [0.717, 1.165) is 12.1 Å². The molecule has 1 fully saturated rings. The average molecular weight is 585 g/mol. The van der Waals surface area contributed by atoms with Crippen molar-refractivity contribution in [3.8, 4) is 0 Å². The first-order valence-corrected chi connectivity index (χ1v) is 13.0. The monoisotopic (exact) mass is 584 g/mol. The molecule has 5 rings (SSSR count). The lowest BCUT2D eigenvalue weighted by molar-refractivity contribution is -0.385. The number of benzene rings is 3. The van der Waals surface area contributed by atoms with Crippen LogP contribution in [0.4, 0.5) is 5.69 Å². The van der Waals surface area contributed by atoms with Gasteiger partial charge in [-0.05, 0) is 0 Å². The summed E-state index contributed by atoms with van der Waals surface area (Å²) in [4.78, 5) is 65.5. The Morgan fingerprint density at radius 2 is 1.23 bits per heavy atom. The predicted molar refractivity (Wildman–Crippen MR) is 149 cm³/mol. The van der Waals surface area contributed by atoms with E-state index in [0.29, 0.717) is 10.8 Å². The number of hydrogen-bond donors (Lipinski definition) is 3. The first kappa shape index (κ1) is 29.4. The first-order chi connectivity index (χ1) is 20.5. The maximum absolute atomic E-state index is 14.2. The number of ether oxygens (including phenoxy) is 1. The highest BCUT2D eigenvalue weighted by Gasteiger charge is 2.75. The van der Waals surface area contributed by atoms with Gasteiger partial charge in [-0.3, -0.25) is 33.9 Å². The van der Waals surface area contributed by atoms with Crippen molar-refractivity contribution in [1.29, 1.82) is 0 Å². The summed E-state index contributed by atoms with van der Waals surface area (Å²) in [6.07, 6.45) is -6.37. The fourth-order valence-electron chi connectivity index (χ4n) is 5.21. The molecule has 0 aliphatic carbocycles. The van der Waals surface area contributed by atoms with Crippen LogP contribution in [0.1, 0.15) is 37.3 Å². The van der Waals surface area contributed by atoms with Crippen LogP contribution < -0.4 is 5.56 Å². The second-order valence-corrected chi connectivity index (χ2v) is 9.90. The second kappa shape index (κ2) is 11.3. The third-order valence-electron chi connectivity index (χ3n) is 7.39. The Kier molecular flexibility index (Phi) is 7.69. The van der Waals surface area contributed by atoms with E-state index in [4.69, 9.17) is 4.74 Å². The molecule has 0 radical (unpaired) electrons. The number of carbonyl (C=O) groups excluding carboxylic acids is 3. The summed E-state index contributed by atoms with van der Waals surface area (Å²) in [5.74, 6) is -3.66. The zero-order valence-corrected chi connectivity index (χ0v) is 22.2. The van der Waals surface area contributed by atoms with Crippen LogP contribution in [-0.2, 0) is 4.74 Å². The number of Topliss-reactive ketones (excluding diaryl/α,β-unsaturated/α-hetero) is 3. The molecule has 3 aromatic carbocycles. The largest absolute Gasteiger partial charge is 0.382 e. The van der Waals surface area contributed by atoms with E-state index in [1.807, 2.05) is 0 Å². The number of ketones is 3. The number of rotatable bonds is 9. The van der Waals surface area contributed by atoms with Gasteiger partial charge in [0.05, 0.1) is 11.1 Å². The Hall–Kier alpha value is -5.14. The molecule has 43 heavy (non-hydrogen) atoms. The van der Waals surface area contributed by atoms with Crippen LogP contribution in [0.25, 0.3) is 0 Å². The summed E-state index contributed by atoms with van der Waals surface area (Å²) in [7, 11) is 0. The van der Waals surface area contributed by atoms with Gasteiger partial charge in [-0.1, -0.05) is 91.0 Å². The Balaban J connectivity index is 1.80. The van der Waals surface area contributed by atoms with Crippen LogP contribution in [0.5, 0.6) is 0 Å². The van der Waals surface area contributed by atoms with E-state index in [2.05, 4.69) is 0 Å². The highest BCUT2D eigenvalue weighted by atomic mass is 16.6. The van der Waals surface area contributed by atoms with Crippen molar-refractivity contribution in [2.75, 3.05) is 0 Å². The van der Waals surface area contributed by atoms with Gasteiger partial charge in [0.15, 0.2) is 17.6 Å². The number of carbonyl (C=O) groups is 3. The molecule has 0 amide bonds. The lowest BCUT2D eigenvalue weighted by atomic mass is 9.69. The molecule has 3 N–H and O–H groups in total. The Morgan fingerprint density at radius 3 is 1.72 bits per heavy atom. The topological polar surface area (TPSA) is 186 Å². The molecule has 0 unspecified atom stereocenters. The Morgan fingerprint density at radius 1 is 0.767 bits per heavy atom. The van der Waals surface area contributed by atoms with E-state index >= 15 is 0 Å².